The van der Waals surface area contributed by atoms with E-state index < -0.39 is 0 Å². The van der Waals surface area contributed by atoms with Gasteiger partial charge in [-0.15, -0.1) is 0 Å². The van der Waals surface area contributed by atoms with Gasteiger partial charge in [0.1, 0.15) is 11.5 Å². The number of ether oxygens (including phenoxy) is 2. The third-order valence-electron chi connectivity index (χ3n) is 6.05. The van der Waals surface area contributed by atoms with Gasteiger partial charge in [0.15, 0.2) is 0 Å². The zero-order chi connectivity index (χ0) is 22.7. The Kier molecular flexibility index (Phi) is 6.44. The van der Waals surface area contributed by atoms with Crippen molar-refractivity contribution in [1.29, 1.82) is 0 Å². The highest BCUT2D eigenvalue weighted by Crippen LogP contribution is 2.26. The summed E-state index contributed by atoms with van der Waals surface area (Å²) < 4.78 is 10.7. The lowest BCUT2D eigenvalue weighted by Gasteiger charge is -2.32. The summed E-state index contributed by atoms with van der Waals surface area (Å²) in [6, 6.07) is 11.8. The SMILES string of the molecule is COc1ccc(OC)c(CNC(=O)C2CCCN(c3nc(C)c4ccc(C)cc4n3)C2)c1. The van der Waals surface area contributed by atoms with Gasteiger partial charge < -0.3 is 19.7 Å². The highest BCUT2D eigenvalue weighted by Gasteiger charge is 2.27. The van der Waals surface area contributed by atoms with E-state index in [4.69, 9.17) is 19.4 Å². The third kappa shape index (κ3) is 4.61. The van der Waals surface area contributed by atoms with Crippen LogP contribution in [0, 0.1) is 19.8 Å². The quantitative estimate of drug-likeness (QED) is 0.636. The fourth-order valence-electron chi connectivity index (χ4n) is 4.24. The fraction of sp³-hybridized carbons (Fsp3) is 0.400. The van der Waals surface area contributed by atoms with Crippen LogP contribution in [-0.2, 0) is 11.3 Å². The van der Waals surface area contributed by atoms with Gasteiger partial charge in [0.05, 0.1) is 31.3 Å². The molecule has 32 heavy (non-hydrogen) atoms. The van der Waals surface area contributed by atoms with Crippen molar-refractivity contribution in [3.63, 3.8) is 0 Å². The molecule has 168 valence electrons. The summed E-state index contributed by atoms with van der Waals surface area (Å²) in [5.41, 5.74) is 3.97. The Balaban J connectivity index is 1.46. The molecule has 0 radical (unpaired) electrons. The average molecular weight is 435 g/mol. The number of aryl methyl sites for hydroxylation is 2. The van der Waals surface area contributed by atoms with Crippen molar-refractivity contribution < 1.29 is 14.3 Å². The van der Waals surface area contributed by atoms with Gasteiger partial charge in [-0.25, -0.2) is 9.97 Å². The van der Waals surface area contributed by atoms with Crippen molar-refractivity contribution in [3.05, 3.63) is 53.2 Å². The smallest absolute Gasteiger partial charge is 0.226 e. The molecule has 1 saturated heterocycles. The summed E-state index contributed by atoms with van der Waals surface area (Å²) in [6.07, 6.45) is 1.78. The number of benzene rings is 2. The van der Waals surface area contributed by atoms with Crippen LogP contribution in [0.4, 0.5) is 5.95 Å². The lowest BCUT2D eigenvalue weighted by molar-refractivity contribution is -0.125. The molecule has 1 fully saturated rings. The van der Waals surface area contributed by atoms with E-state index >= 15 is 0 Å². The predicted octanol–water partition coefficient (Wildman–Crippen LogP) is 3.80. The highest BCUT2D eigenvalue weighted by atomic mass is 16.5. The van der Waals surface area contributed by atoms with Crippen LogP contribution >= 0.6 is 0 Å². The molecule has 1 atom stereocenters. The van der Waals surface area contributed by atoms with Gasteiger partial charge in [0.25, 0.3) is 0 Å². The van der Waals surface area contributed by atoms with Crippen LogP contribution in [0.3, 0.4) is 0 Å². The molecule has 0 bridgehead atoms. The number of fused-ring (bicyclic) bond motifs is 1. The van der Waals surface area contributed by atoms with Gasteiger partial charge in [0, 0.05) is 30.6 Å². The molecule has 3 aromatic rings. The molecule has 0 spiro atoms. The summed E-state index contributed by atoms with van der Waals surface area (Å²) in [5.74, 6) is 2.09. The molecule has 1 aliphatic rings. The first-order valence-corrected chi connectivity index (χ1v) is 11.0. The summed E-state index contributed by atoms with van der Waals surface area (Å²) in [6.45, 7) is 5.93. The minimum absolute atomic E-state index is 0.0351. The molecule has 1 amide bonds. The van der Waals surface area contributed by atoms with Crippen LogP contribution in [0.25, 0.3) is 10.9 Å². The van der Waals surface area contributed by atoms with E-state index in [1.165, 1.54) is 5.56 Å². The Labute approximate surface area is 188 Å². The molecule has 0 aliphatic carbocycles. The number of hydrogen-bond donors (Lipinski definition) is 1. The van der Waals surface area contributed by atoms with E-state index in [-0.39, 0.29) is 11.8 Å². The minimum atomic E-state index is -0.113. The van der Waals surface area contributed by atoms with E-state index in [2.05, 4.69) is 35.3 Å². The molecular formula is C25H30N4O3. The Morgan fingerprint density at radius 1 is 1.12 bits per heavy atom. The number of anilines is 1. The van der Waals surface area contributed by atoms with Crippen LogP contribution in [0.1, 0.15) is 29.7 Å². The molecule has 7 nitrogen and oxygen atoms in total. The number of nitrogens with one attached hydrogen (secondary N) is 1. The lowest BCUT2D eigenvalue weighted by atomic mass is 9.97. The molecule has 0 saturated carbocycles. The Bertz CT molecular complexity index is 1130. The van der Waals surface area contributed by atoms with E-state index in [1.54, 1.807) is 14.2 Å². The van der Waals surface area contributed by atoms with Gasteiger partial charge in [0.2, 0.25) is 11.9 Å². The first-order valence-electron chi connectivity index (χ1n) is 11.0. The van der Waals surface area contributed by atoms with Crippen LogP contribution in [0.15, 0.2) is 36.4 Å². The van der Waals surface area contributed by atoms with Crippen molar-refractivity contribution >= 4 is 22.8 Å². The molecular weight excluding hydrogens is 404 g/mol. The van der Waals surface area contributed by atoms with Gasteiger partial charge >= 0.3 is 0 Å². The van der Waals surface area contributed by atoms with Crippen molar-refractivity contribution in [2.45, 2.75) is 33.2 Å². The van der Waals surface area contributed by atoms with E-state index in [1.807, 2.05) is 25.1 Å². The van der Waals surface area contributed by atoms with Crippen LogP contribution in [-0.4, -0.2) is 43.2 Å². The number of nitrogens with zero attached hydrogens (tertiary/aromatic N) is 3. The van der Waals surface area contributed by atoms with Crippen LogP contribution < -0.4 is 19.7 Å². The zero-order valence-corrected chi connectivity index (χ0v) is 19.1. The van der Waals surface area contributed by atoms with Crippen molar-refractivity contribution in [3.8, 4) is 11.5 Å². The lowest BCUT2D eigenvalue weighted by Crippen LogP contribution is -2.43. The number of amides is 1. The van der Waals surface area contributed by atoms with Crippen LogP contribution in [0.5, 0.6) is 11.5 Å². The van der Waals surface area contributed by atoms with Crippen molar-refractivity contribution in [2.24, 2.45) is 5.92 Å². The van der Waals surface area contributed by atoms with Gasteiger partial charge in [-0.1, -0.05) is 12.1 Å². The second-order valence-corrected chi connectivity index (χ2v) is 8.31. The number of carbonyl (C=O) groups is 1. The molecule has 2 aromatic carbocycles. The van der Waals surface area contributed by atoms with Gasteiger partial charge in [-0.3, -0.25) is 4.79 Å². The molecule has 1 unspecified atom stereocenters. The number of hydrogen-bond acceptors (Lipinski definition) is 6. The fourth-order valence-corrected chi connectivity index (χ4v) is 4.24. The predicted molar refractivity (Wildman–Crippen MR) is 125 cm³/mol. The molecule has 1 aliphatic heterocycles. The molecule has 1 aromatic heterocycles. The summed E-state index contributed by atoms with van der Waals surface area (Å²) >= 11 is 0. The molecule has 2 heterocycles. The van der Waals surface area contributed by atoms with E-state index in [0.29, 0.717) is 19.0 Å². The van der Waals surface area contributed by atoms with Gasteiger partial charge in [-0.05, 0) is 56.5 Å². The maximum atomic E-state index is 13.0. The first kappa shape index (κ1) is 21.9. The Morgan fingerprint density at radius 3 is 2.75 bits per heavy atom. The van der Waals surface area contributed by atoms with Crippen molar-refractivity contribution in [2.75, 3.05) is 32.2 Å². The van der Waals surface area contributed by atoms with E-state index in [0.717, 1.165) is 53.0 Å². The van der Waals surface area contributed by atoms with Crippen molar-refractivity contribution in [1.82, 2.24) is 15.3 Å². The number of aromatic nitrogens is 2. The zero-order valence-electron chi connectivity index (χ0n) is 19.1. The molecule has 7 heteroatoms. The summed E-state index contributed by atoms with van der Waals surface area (Å²) in [5, 5.41) is 4.14. The molecule has 1 N–H and O–H groups in total. The second kappa shape index (κ2) is 9.42. The number of piperidine rings is 1. The second-order valence-electron chi connectivity index (χ2n) is 8.31. The van der Waals surface area contributed by atoms with E-state index in [9.17, 15) is 4.79 Å². The number of methoxy groups -OCH3 is 2. The minimum Gasteiger partial charge on any atom is -0.497 e. The summed E-state index contributed by atoms with van der Waals surface area (Å²) in [4.78, 5) is 24.6. The number of carbonyl (C=O) groups excluding carboxylic acids is 1. The Morgan fingerprint density at radius 2 is 1.97 bits per heavy atom. The highest BCUT2D eigenvalue weighted by molar-refractivity contribution is 5.83. The summed E-state index contributed by atoms with van der Waals surface area (Å²) in [7, 11) is 3.25. The maximum Gasteiger partial charge on any atom is 0.226 e. The monoisotopic (exact) mass is 434 g/mol. The Hall–Kier alpha value is -3.35. The first-order chi connectivity index (χ1) is 15.5. The standard InChI is InChI=1S/C25H30N4O3/c1-16-7-9-21-17(2)27-25(28-22(21)12-16)29-11-5-6-18(15-29)24(30)26-14-19-13-20(31-3)8-10-23(19)32-4/h7-10,12-13,18H,5-6,11,14-15H2,1-4H3,(H,26,30). The van der Waals surface area contributed by atoms with Crippen LogP contribution in [0.2, 0.25) is 0 Å². The topological polar surface area (TPSA) is 76.6 Å². The maximum absolute atomic E-state index is 13.0. The third-order valence-corrected chi connectivity index (χ3v) is 6.05. The largest absolute Gasteiger partial charge is 0.497 e. The normalized spacial score (nSPS) is 16.1. The average Bonchev–Trinajstić information content (AvgIpc) is 2.82. The van der Waals surface area contributed by atoms with Gasteiger partial charge in [-0.2, -0.15) is 0 Å². The number of rotatable bonds is 6. The molecule has 4 rings (SSSR count).